The van der Waals surface area contributed by atoms with E-state index in [1.807, 2.05) is 17.5 Å². The van der Waals surface area contributed by atoms with E-state index in [9.17, 15) is 9.90 Å². The number of thiophene rings is 1. The van der Waals surface area contributed by atoms with E-state index >= 15 is 0 Å². The highest BCUT2D eigenvalue weighted by Crippen LogP contribution is 2.50. The number of amides is 1. The maximum atomic E-state index is 12.5. The molecule has 1 heterocycles. The van der Waals surface area contributed by atoms with Gasteiger partial charge in [0.25, 0.3) is 5.91 Å². The van der Waals surface area contributed by atoms with Crippen LogP contribution in [0.2, 0.25) is 0 Å². The van der Waals surface area contributed by atoms with Crippen molar-refractivity contribution in [3.05, 3.63) is 50.6 Å². The quantitative estimate of drug-likeness (QED) is 0.694. The molecule has 3 rings (SSSR count). The first-order chi connectivity index (χ1) is 12.6. The monoisotopic (exact) mass is 434 g/mol. The SMILES string of the molecule is N#Cc1ccc(OCC(=O)NC(c2cccs2)C2(CO)CCC2)cc1Br. The van der Waals surface area contributed by atoms with Crippen LogP contribution in [0.4, 0.5) is 0 Å². The molecule has 1 aliphatic carbocycles. The Balaban J connectivity index is 1.65. The van der Waals surface area contributed by atoms with Gasteiger partial charge in [-0.3, -0.25) is 4.79 Å². The summed E-state index contributed by atoms with van der Waals surface area (Å²) in [7, 11) is 0. The number of aliphatic hydroxyl groups is 1. The third-order valence-electron chi connectivity index (χ3n) is 4.84. The van der Waals surface area contributed by atoms with Gasteiger partial charge in [-0.05, 0) is 58.4 Å². The third-order valence-corrected chi connectivity index (χ3v) is 6.43. The highest BCUT2D eigenvalue weighted by atomic mass is 79.9. The normalized spacial score (nSPS) is 16.2. The van der Waals surface area contributed by atoms with E-state index in [-0.39, 0.29) is 30.6 Å². The average molecular weight is 435 g/mol. The van der Waals surface area contributed by atoms with E-state index in [1.54, 1.807) is 29.5 Å². The summed E-state index contributed by atoms with van der Waals surface area (Å²) in [6, 6.07) is 10.8. The molecule has 7 heteroatoms. The fourth-order valence-electron chi connectivity index (χ4n) is 3.18. The van der Waals surface area contributed by atoms with Crippen LogP contribution in [0.3, 0.4) is 0 Å². The number of carbonyl (C=O) groups is 1. The van der Waals surface area contributed by atoms with Crippen LogP contribution in [0.5, 0.6) is 5.75 Å². The number of hydrogen-bond donors (Lipinski definition) is 2. The van der Waals surface area contributed by atoms with Crippen molar-refractivity contribution in [1.29, 1.82) is 5.26 Å². The Morgan fingerprint density at radius 2 is 2.27 bits per heavy atom. The molecule has 1 unspecified atom stereocenters. The summed E-state index contributed by atoms with van der Waals surface area (Å²) in [6.07, 6.45) is 2.86. The molecule has 0 radical (unpaired) electrons. The lowest BCUT2D eigenvalue weighted by atomic mass is 9.64. The number of hydrogen-bond acceptors (Lipinski definition) is 5. The number of ether oxygens (including phenoxy) is 1. The van der Waals surface area contributed by atoms with Crippen molar-refractivity contribution in [2.24, 2.45) is 5.41 Å². The molecule has 2 aromatic rings. The summed E-state index contributed by atoms with van der Waals surface area (Å²) in [5, 5.41) is 23.9. The van der Waals surface area contributed by atoms with Crippen molar-refractivity contribution in [3.8, 4) is 11.8 Å². The summed E-state index contributed by atoms with van der Waals surface area (Å²) in [6.45, 7) is -0.0685. The number of rotatable bonds is 7. The van der Waals surface area contributed by atoms with Crippen molar-refractivity contribution in [2.45, 2.75) is 25.3 Å². The summed E-state index contributed by atoms with van der Waals surface area (Å²) in [5.41, 5.74) is 0.229. The first-order valence-electron chi connectivity index (χ1n) is 8.34. The van der Waals surface area contributed by atoms with Crippen LogP contribution < -0.4 is 10.1 Å². The number of benzene rings is 1. The van der Waals surface area contributed by atoms with E-state index in [4.69, 9.17) is 10.00 Å². The fourth-order valence-corrected chi connectivity index (χ4v) is 4.54. The molecule has 2 N–H and O–H groups in total. The Kier molecular flexibility index (Phi) is 5.97. The Morgan fingerprint density at radius 1 is 1.46 bits per heavy atom. The number of halogens is 1. The molecule has 1 aromatic carbocycles. The van der Waals surface area contributed by atoms with Crippen LogP contribution in [0.25, 0.3) is 0 Å². The lowest BCUT2D eigenvalue weighted by molar-refractivity contribution is -0.126. The zero-order valence-electron chi connectivity index (χ0n) is 14.1. The molecule has 1 saturated carbocycles. The third kappa shape index (κ3) is 3.93. The van der Waals surface area contributed by atoms with Gasteiger partial charge in [0.1, 0.15) is 11.8 Å². The number of aliphatic hydroxyl groups excluding tert-OH is 1. The van der Waals surface area contributed by atoms with Crippen molar-refractivity contribution in [1.82, 2.24) is 5.32 Å². The second kappa shape index (κ2) is 8.21. The number of nitriles is 1. The second-order valence-electron chi connectivity index (χ2n) is 6.43. The topological polar surface area (TPSA) is 82.3 Å². The Bertz CT molecular complexity index is 807. The number of nitrogens with one attached hydrogen (secondary N) is 1. The van der Waals surface area contributed by atoms with Gasteiger partial charge >= 0.3 is 0 Å². The molecule has 1 aromatic heterocycles. The van der Waals surface area contributed by atoms with Crippen molar-refractivity contribution >= 4 is 33.2 Å². The minimum Gasteiger partial charge on any atom is -0.484 e. The van der Waals surface area contributed by atoms with Crippen LogP contribution in [-0.2, 0) is 4.79 Å². The standard InChI is InChI=1S/C19H19BrN2O3S/c20-15-9-14(5-4-13(15)10-21)25-11-17(24)22-18(16-3-1-8-26-16)19(12-23)6-2-7-19/h1,3-5,8-9,18,23H,2,6-7,11-12H2,(H,22,24). The fraction of sp³-hybridized carbons (Fsp3) is 0.368. The molecular weight excluding hydrogens is 416 g/mol. The highest BCUT2D eigenvalue weighted by molar-refractivity contribution is 9.10. The van der Waals surface area contributed by atoms with Gasteiger partial charge in [0.05, 0.1) is 18.2 Å². The highest BCUT2D eigenvalue weighted by Gasteiger charge is 2.45. The van der Waals surface area contributed by atoms with E-state index < -0.39 is 0 Å². The minimum absolute atomic E-state index is 0.0548. The van der Waals surface area contributed by atoms with E-state index in [2.05, 4.69) is 27.3 Å². The van der Waals surface area contributed by atoms with Crippen molar-refractivity contribution in [3.63, 3.8) is 0 Å². The maximum absolute atomic E-state index is 12.5. The summed E-state index contributed by atoms with van der Waals surface area (Å²) in [4.78, 5) is 13.5. The molecule has 1 atom stereocenters. The van der Waals surface area contributed by atoms with Crippen LogP contribution in [0.1, 0.15) is 35.7 Å². The minimum atomic E-state index is -0.280. The summed E-state index contributed by atoms with van der Waals surface area (Å²) in [5.74, 6) is 0.280. The van der Waals surface area contributed by atoms with E-state index in [0.29, 0.717) is 15.8 Å². The van der Waals surface area contributed by atoms with E-state index in [0.717, 1.165) is 24.1 Å². The molecule has 5 nitrogen and oxygen atoms in total. The summed E-state index contributed by atoms with van der Waals surface area (Å²) >= 11 is 4.89. The van der Waals surface area contributed by atoms with Gasteiger partial charge in [0.15, 0.2) is 6.61 Å². The lowest BCUT2D eigenvalue weighted by Crippen LogP contribution is -2.48. The second-order valence-corrected chi connectivity index (χ2v) is 8.27. The van der Waals surface area contributed by atoms with Gasteiger partial charge in [0, 0.05) is 14.8 Å². The van der Waals surface area contributed by atoms with Gasteiger partial charge in [-0.2, -0.15) is 5.26 Å². The predicted molar refractivity (Wildman–Crippen MR) is 103 cm³/mol. The molecule has 1 aliphatic rings. The number of nitrogens with zero attached hydrogens (tertiary/aromatic N) is 1. The predicted octanol–water partition coefficient (Wildman–Crippen LogP) is 3.78. The van der Waals surface area contributed by atoms with Gasteiger partial charge in [-0.15, -0.1) is 11.3 Å². The molecule has 26 heavy (non-hydrogen) atoms. The first-order valence-corrected chi connectivity index (χ1v) is 10.0. The van der Waals surface area contributed by atoms with Gasteiger partial charge in [-0.1, -0.05) is 12.5 Å². The van der Waals surface area contributed by atoms with Crippen LogP contribution in [0.15, 0.2) is 40.2 Å². The van der Waals surface area contributed by atoms with Gasteiger partial charge in [0.2, 0.25) is 0 Å². The molecule has 0 bridgehead atoms. The van der Waals surface area contributed by atoms with Crippen molar-refractivity contribution in [2.75, 3.05) is 13.2 Å². The molecule has 0 spiro atoms. The Hall–Kier alpha value is -1.88. The molecular formula is C19H19BrN2O3S. The van der Waals surface area contributed by atoms with Crippen LogP contribution in [-0.4, -0.2) is 24.2 Å². The van der Waals surface area contributed by atoms with Gasteiger partial charge < -0.3 is 15.2 Å². The lowest BCUT2D eigenvalue weighted by Gasteiger charge is -2.46. The van der Waals surface area contributed by atoms with Crippen molar-refractivity contribution < 1.29 is 14.6 Å². The molecule has 1 amide bonds. The molecule has 136 valence electrons. The molecule has 0 aliphatic heterocycles. The van der Waals surface area contributed by atoms with Gasteiger partial charge in [-0.25, -0.2) is 0 Å². The molecule has 0 saturated heterocycles. The van der Waals surface area contributed by atoms with E-state index in [1.165, 1.54) is 0 Å². The Labute approximate surface area is 164 Å². The number of carbonyl (C=O) groups excluding carboxylic acids is 1. The van der Waals surface area contributed by atoms with Crippen LogP contribution in [0, 0.1) is 16.7 Å². The smallest absolute Gasteiger partial charge is 0.258 e. The first kappa shape index (κ1) is 18.9. The largest absolute Gasteiger partial charge is 0.484 e. The zero-order valence-corrected chi connectivity index (χ0v) is 16.5. The maximum Gasteiger partial charge on any atom is 0.258 e. The Morgan fingerprint density at radius 3 is 2.81 bits per heavy atom. The zero-order chi connectivity index (χ0) is 18.6. The van der Waals surface area contributed by atoms with Crippen LogP contribution >= 0.6 is 27.3 Å². The average Bonchev–Trinajstić information content (AvgIpc) is 3.13. The molecule has 1 fully saturated rings. The summed E-state index contributed by atoms with van der Waals surface area (Å²) < 4.78 is 6.18.